The van der Waals surface area contributed by atoms with Crippen molar-refractivity contribution in [1.29, 1.82) is 0 Å². The van der Waals surface area contributed by atoms with Crippen molar-refractivity contribution in [3.05, 3.63) is 34.9 Å². The van der Waals surface area contributed by atoms with Crippen molar-refractivity contribution in [2.45, 2.75) is 18.4 Å². The number of pyridine rings is 1. The minimum absolute atomic E-state index is 0.143. The monoisotopic (exact) mass is 298 g/mol. The maximum absolute atomic E-state index is 12.0. The van der Waals surface area contributed by atoms with Crippen LogP contribution in [0.4, 0.5) is 5.82 Å². The van der Waals surface area contributed by atoms with Crippen LogP contribution in [0.5, 0.6) is 0 Å². The van der Waals surface area contributed by atoms with Gasteiger partial charge in [0, 0.05) is 18.1 Å². The van der Waals surface area contributed by atoms with E-state index in [1.54, 1.807) is 17.0 Å². The van der Waals surface area contributed by atoms with E-state index >= 15 is 0 Å². The number of aromatic nitrogens is 2. The van der Waals surface area contributed by atoms with Gasteiger partial charge in [0.15, 0.2) is 0 Å². The quantitative estimate of drug-likeness (QED) is 0.843. The van der Waals surface area contributed by atoms with Crippen molar-refractivity contribution in [3.8, 4) is 0 Å². The van der Waals surface area contributed by atoms with E-state index in [2.05, 4.69) is 20.0 Å². The molecule has 0 spiro atoms. The highest BCUT2D eigenvalue weighted by Crippen LogP contribution is 2.11. The Morgan fingerprint density at radius 1 is 1.32 bits per heavy atom. The third kappa shape index (κ3) is 3.72. The third-order valence-electron chi connectivity index (χ3n) is 2.33. The molecule has 2 aromatic heterocycles. The maximum Gasteiger partial charge on any atom is 0.242 e. The predicted molar refractivity (Wildman–Crippen MR) is 74.5 cm³/mol. The van der Waals surface area contributed by atoms with Crippen LogP contribution in [0, 0.1) is 0 Å². The molecule has 8 heteroatoms. The molecule has 19 heavy (non-hydrogen) atoms. The van der Waals surface area contributed by atoms with Gasteiger partial charge in [0.25, 0.3) is 0 Å². The first-order valence-electron chi connectivity index (χ1n) is 5.68. The zero-order valence-electron chi connectivity index (χ0n) is 10.3. The molecule has 0 saturated carbocycles. The number of nitrogens with one attached hydrogen (secondary N) is 2. The van der Waals surface area contributed by atoms with Gasteiger partial charge in [-0.2, -0.15) is 0 Å². The van der Waals surface area contributed by atoms with Gasteiger partial charge in [-0.05, 0) is 19.1 Å². The molecule has 0 radical (unpaired) electrons. The topological polar surface area (TPSA) is 84.0 Å². The second-order valence-electron chi connectivity index (χ2n) is 3.71. The fourth-order valence-corrected chi connectivity index (χ4v) is 2.90. The van der Waals surface area contributed by atoms with E-state index in [1.807, 2.05) is 6.92 Å². The lowest BCUT2D eigenvalue weighted by Crippen LogP contribution is -2.23. The van der Waals surface area contributed by atoms with Crippen LogP contribution in [0.2, 0.25) is 0 Å². The van der Waals surface area contributed by atoms with Gasteiger partial charge in [-0.25, -0.2) is 23.1 Å². The highest BCUT2D eigenvalue weighted by atomic mass is 32.2. The molecule has 0 saturated heterocycles. The van der Waals surface area contributed by atoms with Crippen LogP contribution < -0.4 is 10.0 Å². The number of hydrogen-bond donors (Lipinski definition) is 2. The Morgan fingerprint density at radius 3 is 2.74 bits per heavy atom. The number of thiazole rings is 1. The molecule has 2 rings (SSSR count). The lowest BCUT2D eigenvalue weighted by molar-refractivity contribution is 0.580. The van der Waals surface area contributed by atoms with Crippen molar-refractivity contribution in [1.82, 2.24) is 14.7 Å². The van der Waals surface area contributed by atoms with Crippen molar-refractivity contribution >= 4 is 27.2 Å². The van der Waals surface area contributed by atoms with Crippen molar-refractivity contribution < 1.29 is 8.42 Å². The maximum atomic E-state index is 12.0. The van der Waals surface area contributed by atoms with Crippen molar-refractivity contribution in [2.24, 2.45) is 0 Å². The number of sulfonamides is 1. The van der Waals surface area contributed by atoms with Crippen LogP contribution in [-0.2, 0) is 16.6 Å². The molecular formula is C11H14N4O2S2. The summed E-state index contributed by atoms with van der Waals surface area (Å²) in [6.07, 6.45) is 1.33. The Kier molecular flexibility index (Phi) is 4.46. The van der Waals surface area contributed by atoms with Gasteiger partial charge in [-0.3, -0.25) is 0 Å². The summed E-state index contributed by atoms with van der Waals surface area (Å²) < 4.78 is 26.5. The molecule has 102 valence electrons. The molecule has 6 nitrogen and oxygen atoms in total. The van der Waals surface area contributed by atoms with E-state index in [0.29, 0.717) is 11.5 Å². The summed E-state index contributed by atoms with van der Waals surface area (Å²) in [4.78, 5) is 8.20. The number of hydrogen-bond acceptors (Lipinski definition) is 6. The molecule has 0 aliphatic heterocycles. The standard InChI is InChI=1S/C11H14N4O2S2/c1-2-12-11-4-3-10(6-13-11)19(16,17)15-5-9-7-18-8-14-9/h3-4,6-8,15H,2,5H2,1H3,(H,12,13). The second kappa shape index (κ2) is 6.09. The zero-order valence-corrected chi connectivity index (χ0v) is 12.0. The molecule has 0 aromatic carbocycles. The van der Waals surface area contributed by atoms with Crippen LogP contribution in [-0.4, -0.2) is 24.9 Å². The average Bonchev–Trinajstić information content (AvgIpc) is 2.91. The minimum Gasteiger partial charge on any atom is -0.370 e. The molecule has 2 N–H and O–H groups in total. The normalized spacial score (nSPS) is 11.4. The second-order valence-corrected chi connectivity index (χ2v) is 6.20. The summed E-state index contributed by atoms with van der Waals surface area (Å²) in [6, 6.07) is 3.16. The SMILES string of the molecule is CCNc1ccc(S(=O)(=O)NCc2cscn2)cn1. The molecule has 2 heterocycles. The van der Waals surface area contributed by atoms with Gasteiger partial charge in [0.2, 0.25) is 10.0 Å². The Balaban J connectivity index is 2.06. The highest BCUT2D eigenvalue weighted by Gasteiger charge is 2.14. The van der Waals surface area contributed by atoms with E-state index in [-0.39, 0.29) is 11.4 Å². The van der Waals surface area contributed by atoms with E-state index < -0.39 is 10.0 Å². The van der Waals surface area contributed by atoms with Crippen LogP contribution in [0.15, 0.2) is 34.1 Å². The van der Waals surface area contributed by atoms with E-state index in [0.717, 1.165) is 6.54 Å². The summed E-state index contributed by atoms with van der Waals surface area (Å²) >= 11 is 1.43. The number of rotatable bonds is 6. The summed E-state index contributed by atoms with van der Waals surface area (Å²) in [5, 5.41) is 4.81. The average molecular weight is 298 g/mol. The number of anilines is 1. The number of nitrogens with zero attached hydrogens (tertiary/aromatic N) is 2. The van der Waals surface area contributed by atoms with E-state index in [9.17, 15) is 8.42 Å². The molecule has 0 atom stereocenters. The Hall–Kier alpha value is -1.51. The third-order valence-corrected chi connectivity index (χ3v) is 4.35. The van der Waals surface area contributed by atoms with Crippen LogP contribution in [0.1, 0.15) is 12.6 Å². The molecule has 0 amide bonds. The highest BCUT2D eigenvalue weighted by molar-refractivity contribution is 7.89. The smallest absolute Gasteiger partial charge is 0.242 e. The molecule has 0 fully saturated rings. The summed E-state index contributed by atoms with van der Waals surface area (Å²) in [5.41, 5.74) is 2.36. The minimum atomic E-state index is -3.54. The first-order valence-corrected chi connectivity index (χ1v) is 8.11. The van der Waals surface area contributed by atoms with Gasteiger partial charge >= 0.3 is 0 Å². The summed E-state index contributed by atoms with van der Waals surface area (Å²) in [6.45, 7) is 2.86. The molecule has 0 aliphatic rings. The zero-order chi connectivity index (χ0) is 13.7. The van der Waals surface area contributed by atoms with Gasteiger partial charge in [-0.15, -0.1) is 11.3 Å². The Bertz CT molecular complexity index is 609. The first kappa shape index (κ1) is 13.9. The van der Waals surface area contributed by atoms with E-state index in [1.165, 1.54) is 23.6 Å². The fraction of sp³-hybridized carbons (Fsp3) is 0.273. The van der Waals surface area contributed by atoms with Gasteiger partial charge in [0.05, 0.1) is 17.7 Å². The first-order chi connectivity index (χ1) is 9.12. The van der Waals surface area contributed by atoms with E-state index in [4.69, 9.17) is 0 Å². The summed E-state index contributed by atoms with van der Waals surface area (Å²) in [7, 11) is -3.54. The molecule has 0 unspecified atom stereocenters. The molecule has 0 bridgehead atoms. The van der Waals surface area contributed by atoms with Gasteiger partial charge in [0.1, 0.15) is 10.7 Å². The Morgan fingerprint density at radius 2 is 2.16 bits per heavy atom. The van der Waals surface area contributed by atoms with Crippen LogP contribution in [0.25, 0.3) is 0 Å². The Labute approximate surface area is 116 Å². The summed E-state index contributed by atoms with van der Waals surface area (Å²) in [5.74, 6) is 0.654. The van der Waals surface area contributed by atoms with Crippen molar-refractivity contribution in [3.63, 3.8) is 0 Å². The molecule has 2 aromatic rings. The molecular weight excluding hydrogens is 284 g/mol. The van der Waals surface area contributed by atoms with Crippen LogP contribution >= 0.6 is 11.3 Å². The lowest BCUT2D eigenvalue weighted by atomic mass is 10.4. The lowest BCUT2D eigenvalue weighted by Gasteiger charge is -2.06. The fourth-order valence-electron chi connectivity index (χ4n) is 1.40. The van der Waals surface area contributed by atoms with Gasteiger partial charge < -0.3 is 5.32 Å². The predicted octanol–water partition coefficient (Wildman–Crippen LogP) is 1.45. The van der Waals surface area contributed by atoms with Crippen molar-refractivity contribution in [2.75, 3.05) is 11.9 Å². The van der Waals surface area contributed by atoms with Gasteiger partial charge in [-0.1, -0.05) is 0 Å². The molecule has 0 aliphatic carbocycles. The largest absolute Gasteiger partial charge is 0.370 e. The van der Waals surface area contributed by atoms with Crippen LogP contribution in [0.3, 0.4) is 0 Å².